The van der Waals surface area contributed by atoms with Crippen LogP contribution in [0.4, 0.5) is 0 Å². The van der Waals surface area contributed by atoms with Crippen LogP contribution in [0.2, 0.25) is 5.02 Å². The van der Waals surface area contributed by atoms with E-state index in [0.29, 0.717) is 11.7 Å². The molecule has 1 aromatic carbocycles. The summed E-state index contributed by atoms with van der Waals surface area (Å²) in [5.41, 5.74) is 2.41. The Bertz CT molecular complexity index is 578. The highest BCUT2D eigenvalue weighted by atomic mass is 35.5. The van der Waals surface area contributed by atoms with Crippen LogP contribution in [0.1, 0.15) is 25.8 Å². The van der Waals surface area contributed by atoms with Crippen molar-refractivity contribution < 1.29 is 4.79 Å². The first kappa shape index (κ1) is 12.7. The first-order chi connectivity index (χ1) is 8.98. The van der Waals surface area contributed by atoms with Gasteiger partial charge in [-0.25, -0.2) is 0 Å². The van der Waals surface area contributed by atoms with Gasteiger partial charge in [-0.1, -0.05) is 49.7 Å². The maximum Gasteiger partial charge on any atom is 0.159 e. The normalized spacial score (nSPS) is 28.2. The lowest BCUT2D eigenvalue weighted by Gasteiger charge is -2.54. The fourth-order valence-corrected chi connectivity index (χ4v) is 3.40. The lowest BCUT2D eigenvalue weighted by molar-refractivity contribution is -0.133. The maximum atomic E-state index is 12.0. The molecule has 0 saturated heterocycles. The molecule has 1 fully saturated rings. The van der Waals surface area contributed by atoms with Crippen LogP contribution in [0.3, 0.4) is 0 Å². The zero-order valence-electron chi connectivity index (χ0n) is 11.2. The third-order valence-corrected chi connectivity index (χ3v) is 4.91. The van der Waals surface area contributed by atoms with Crippen LogP contribution >= 0.6 is 11.6 Å². The van der Waals surface area contributed by atoms with Gasteiger partial charge in [0.2, 0.25) is 0 Å². The van der Waals surface area contributed by atoms with E-state index in [1.807, 2.05) is 30.3 Å². The maximum absolute atomic E-state index is 12.0. The quantitative estimate of drug-likeness (QED) is 0.773. The number of allylic oxidation sites excluding steroid dienone is 3. The molecule has 1 aromatic rings. The summed E-state index contributed by atoms with van der Waals surface area (Å²) in [4.78, 5) is 12.0. The molecular formula is C17H17ClO. The van der Waals surface area contributed by atoms with Crippen molar-refractivity contribution in [3.05, 3.63) is 52.6 Å². The standard InChI is InChI=1S/C17H17ClO/c1-17(2)14-10-15(17)16(19)9-12(14)6-3-11-4-7-13(18)8-5-11/h3-9,14-15H,10H2,1-2H3/b6-3+/t14-,15+/m0/s1. The Morgan fingerprint density at radius 2 is 1.84 bits per heavy atom. The number of fused-ring (bicyclic) bond motifs is 1. The minimum Gasteiger partial charge on any atom is -0.295 e. The number of carbonyl (C=O) groups excluding carboxylic acids is 1. The Labute approximate surface area is 119 Å². The molecule has 0 heterocycles. The summed E-state index contributed by atoms with van der Waals surface area (Å²) in [6.45, 7) is 4.40. The predicted molar refractivity (Wildman–Crippen MR) is 79.0 cm³/mol. The number of benzene rings is 1. The lowest BCUT2D eigenvalue weighted by atomic mass is 9.48. The Kier molecular flexibility index (Phi) is 2.90. The van der Waals surface area contributed by atoms with Gasteiger partial charge in [-0.2, -0.15) is 0 Å². The molecule has 3 aliphatic carbocycles. The molecule has 2 heteroatoms. The zero-order valence-corrected chi connectivity index (χ0v) is 11.9. The highest BCUT2D eigenvalue weighted by molar-refractivity contribution is 6.30. The molecule has 0 unspecified atom stereocenters. The number of halogens is 1. The minimum atomic E-state index is 0.130. The molecular weight excluding hydrogens is 256 g/mol. The van der Waals surface area contributed by atoms with E-state index in [0.717, 1.165) is 17.0 Å². The molecule has 0 amide bonds. The molecule has 98 valence electrons. The summed E-state index contributed by atoms with van der Waals surface area (Å²) < 4.78 is 0. The Balaban J connectivity index is 1.84. The second-order valence-corrected chi connectivity index (χ2v) is 6.53. The summed E-state index contributed by atoms with van der Waals surface area (Å²) in [6, 6.07) is 7.73. The Morgan fingerprint density at radius 3 is 2.42 bits per heavy atom. The number of ketones is 1. The molecule has 2 atom stereocenters. The number of hydrogen-bond acceptors (Lipinski definition) is 1. The van der Waals surface area contributed by atoms with Crippen LogP contribution in [-0.2, 0) is 4.79 Å². The SMILES string of the molecule is CC1(C)[C@@H]2C[C@H]1C(/C=C/c1ccc(Cl)cc1)=CC2=O. The van der Waals surface area contributed by atoms with Crippen LogP contribution in [0.25, 0.3) is 6.08 Å². The van der Waals surface area contributed by atoms with Gasteiger partial charge in [-0.05, 0) is 47.1 Å². The average molecular weight is 273 g/mol. The highest BCUT2D eigenvalue weighted by Crippen LogP contribution is 2.58. The van der Waals surface area contributed by atoms with E-state index in [1.54, 1.807) is 0 Å². The van der Waals surface area contributed by atoms with Gasteiger partial charge in [0, 0.05) is 10.9 Å². The molecule has 4 rings (SSSR count). The summed E-state index contributed by atoms with van der Waals surface area (Å²) in [6.07, 6.45) is 6.99. The number of rotatable bonds is 2. The lowest BCUT2D eigenvalue weighted by Crippen LogP contribution is -2.52. The van der Waals surface area contributed by atoms with Crippen molar-refractivity contribution in [1.29, 1.82) is 0 Å². The van der Waals surface area contributed by atoms with E-state index in [4.69, 9.17) is 11.6 Å². The summed E-state index contributed by atoms with van der Waals surface area (Å²) >= 11 is 5.87. The van der Waals surface area contributed by atoms with E-state index < -0.39 is 0 Å². The van der Waals surface area contributed by atoms with Gasteiger partial charge < -0.3 is 0 Å². The number of hydrogen-bond donors (Lipinski definition) is 0. The van der Waals surface area contributed by atoms with E-state index in [2.05, 4.69) is 26.0 Å². The van der Waals surface area contributed by atoms with Crippen molar-refractivity contribution >= 4 is 23.5 Å². The van der Waals surface area contributed by atoms with E-state index in [1.165, 1.54) is 5.57 Å². The van der Waals surface area contributed by atoms with Gasteiger partial charge in [0.15, 0.2) is 5.78 Å². The predicted octanol–water partition coefficient (Wildman–Crippen LogP) is 4.52. The molecule has 0 aliphatic heterocycles. The summed E-state index contributed by atoms with van der Waals surface area (Å²) in [7, 11) is 0. The van der Waals surface area contributed by atoms with Crippen molar-refractivity contribution in [2.45, 2.75) is 20.3 Å². The molecule has 0 aromatic heterocycles. The molecule has 2 bridgehead atoms. The first-order valence-electron chi connectivity index (χ1n) is 6.67. The van der Waals surface area contributed by atoms with Crippen molar-refractivity contribution in [3.8, 4) is 0 Å². The topological polar surface area (TPSA) is 17.1 Å². The van der Waals surface area contributed by atoms with Crippen LogP contribution in [0.5, 0.6) is 0 Å². The monoisotopic (exact) mass is 272 g/mol. The van der Waals surface area contributed by atoms with Crippen molar-refractivity contribution in [1.82, 2.24) is 0 Å². The second kappa shape index (κ2) is 4.35. The highest BCUT2D eigenvalue weighted by Gasteiger charge is 2.54. The van der Waals surface area contributed by atoms with Crippen LogP contribution in [0.15, 0.2) is 42.0 Å². The third-order valence-electron chi connectivity index (χ3n) is 4.66. The van der Waals surface area contributed by atoms with Crippen molar-refractivity contribution in [2.75, 3.05) is 0 Å². The molecule has 0 radical (unpaired) electrons. The molecule has 3 aliphatic rings. The van der Waals surface area contributed by atoms with Crippen molar-refractivity contribution in [3.63, 3.8) is 0 Å². The Hall–Kier alpha value is -1.34. The molecule has 1 nitrogen and oxygen atoms in total. The van der Waals surface area contributed by atoms with Crippen LogP contribution in [0, 0.1) is 17.3 Å². The van der Waals surface area contributed by atoms with E-state index in [9.17, 15) is 4.79 Å². The number of carbonyl (C=O) groups is 1. The summed E-state index contributed by atoms with van der Waals surface area (Å²) in [5, 5.41) is 0.743. The third kappa shape index (κ3) is 2.06. The largest absolute Gasteiger partial charge is 0.295 e. The van der Waals surface area contributed by atoms with Gasteiger partial charge in [-0.15, -0.1) is 0 Å². The van der Waals surface area contributed by atoms with Crippen molar-refractivity contribution in [2.24, 2.45) is 17.3 Å². The van der Waals surface area contributed by atoms with E-state index >= 15 is 0 Å². The van der Waals surface area contributed by atoms with Crippen LogP contribution in [-0.4, -0.2) is 5.78 Å². The van der Waals surface area contributed by atoms with Gasteiger partial charge in [0.25, 0.3) is 0 Å². The summed E-state index contributed by atoms with van der Waals surface area (Å²) in [5.74, 6) is 1.06. The second-order valence-electron chi connectivity index (χ2n) is 6.09. The molecule has 0 N–H and O–H groups in total. The Morgan fingerprint density at radius 1 is 1.16 bits per heavy atom. The molecule has 0 spiro atoms. The average Bonchev–Trinajstić information content (AvgIpc) is 2.37. The van der Waals surface area contributed by atoms with Gasteiger partial charge in [0.1, 0.15) is 0 Å². The minimum absolute atomic E-state index is 0.130. The first-order valence-corrected chi connectivity index (χ1v) is 7.05. The molecule has 1 saturated carbocycles. The van der Waals surface area contributed by atoms with Gasteiger partial charge in [0.05, 0.1) is 0 Å². The van der Waals surface area contributed by atoms with Crippen LogP contribution < -0.4 is 0 Å². The van der Waals surface area contributed by atoms with Gasteiger partial charge >= 0.3 is 0 Å². The fraction of sp³-hybridized carbons (Fsp3) is 0.353. The smallest absolute Gasteiger partial charge is 0.159 e. The zero-order chi connectivity index (χ0) is 13.6. The van der Waals surface area contributed by atoms with Gasteiger partial charge in [-0.3, -0.25) is 4.79 Å². The van der Waals surface area contributed by atoms with E-state index in [-0.39, 0.29) is 11.3 Å². The fourth-order valence-electron chi connectivity index (χ4n) is 3.27. The molecule has 19 heavy (non-hydrogen) atoms.